The maximum absolute atomic E-state index is 12.4. The van der Waals surface area contributed by atoms with Gasteiger partial charge >= 0.3 is 0 Å². The summed E-state index contributed by atoms with van der Waals surface area (Å²) in [4.78, 5) is 24.4. The van der Waals surface area contributed by atoms with Gasteiger partial charge in [0.25, 0.3) is 0 Å². The Labute approximate surface area is 182 Å². The van der Waals surface area contributed by atoms with E-state index in [0.29, 0.717) is 5.13 Å². The molecule has 4 rings (SSSR count). The molecule has 1 aromatic carbocycles. The SMILES string of the molecule is Cc1nc(C)c(-c2csc(NC(=O)Cn3cc(-c4ccc(N(C)C)cc4)nn3)n2)s1. The van der Waals surface area contributed by atoms with E-state index in [1.807, 2.05) is 62.5 Å². The summed E-state index contributed by atoms with van der Waals surface area (Å²) >= 11 is 2.99. The van der Waals surface area contributed by atoms with Crippen LogP contribution in [0.25, 0.3) is 21.8 Å². The summed E-state index contributed by atoms with van der Waals surface area (Å²) in [5.74, 6) is -0.201. The van der Waals surface area contributed by atoms with Crippen LogP contribution in [0.3, 0.4) is 0 Å². The summed E-state index contributed by atoms with van der Waals surface area (Å²) in [5, 5.41) is 14.6. The Morgan fingerprint density at radius 2 is 1.90 bits per heavy atom. The van der Waals surface area contributed by atoms with Gasteiger partial charge < -0.3 is 10.2 Å². The van der Waals surface area contributed by atoms with Crippen LogP contribution in [0.15, 0.2) is 35.8 Å². The highest BCUT2D eigenvalue weighted by atomic mass is 32.1. The Balaban J connectivity index is 1.40. The number of hydrogen-bond donors (Lipinski definition) is 1. The van der Waals surface area contributed by atoms with E-state index < -0.39 is 0 Å². The molecule has 3 heterocycles. The Bertz CT molecular complexity index is 1170. The average molecular weight is 440 g/mol. The van der Waals surface area contributed by atoms with Gasteiger partial charge in [-0.1, -0.05) is 17.3 Å². The van der Waals surface area contributed by atoms with Gasteiger partial charge in [0.2, 0.25) is 5.91 Å². The summed E-state index contributed by atoms with van der Waals surface area (Å²) in [5.41, 5.74) is 4.57. The summed E-state index contributed by atoms with van der Waals surface area (Å²) in [6, 6.07) is 8.02. The zero-order valence-electron chi connectivity index (χ0n) is 17.1. The molecule has 3 aromatic heterocycles. The van der Waals surface area contributed by atoms with Crippen molar-refractivity contribution in [1.29, 1.82) is 0 Å². The number of hydrogen-bond acceptors (Lipinski definition) is 8. The minimum absolute atomic E-state index is 0.0659. The van der Waals surface area contributed by atoms with Crippen LogP contribution in [-0.4, -0.2) is 45.0 Å². The van der Waals surface area contributed by atoms with Gasteiger partial charge in [0.1, 0.15) is 12.2 Å². The molecule has 30 heavy (non-hydrogen) atoms. The van der Waals surface area contributed by atoms with E-state index in [2.05, 4.69) is 25.6 Å². The lowest BCUT2D eigenvalue weighted by atomic mass is 10.1. The van der Waals surface area contributed by atoms with Crippen molar-refractivity contribution in [1.82, 2.24) is 25.0 Å². The molecule has 0 unspecified atom stereocenters. The Morgan fingerprint density at radius 1 is 1.13 bits per heavy atom. The van der Waals surface area contributed by atoms with Crippen LogP contribution in [0, 0.1) is 13.8 Å². The van der Waals surface area contributed by atoms with Gasteiger partial charge in [0.05, 0.1) is 27.5 Å². The lowest BCUT2D eigenvalue weighted by molar-refractivity contribution is -0.116. The molecule has 0 spiro atoms. The zero-order valence-corrected chi connectivity index (χ0v) is 18.7. The summed E-state index contributed by atoms with van der Waals surface area (Å²) < 4.78 is 1.52. The molecule has 1 amide bonds. The molecule has 0 bridgehead atoms. The second kappa shape index (κ2) is 8.33. The molecule has 0 saturated heterocycles. The lowest BCUT2D eigenvalue weighted by Gasteiger charge is -2.11. The van der Waals surface area contributed by atoms with Crippen LogP contribution in [0.2, 0.25) is 0 Å². The van der Waals surface area contributed by atoms with Crippen LogP contribution in [0.5, 0.6) is 0 Å². The molecule has 4 aromatic rings. The number of amides is 1. The standard InChI is InChI=1S/C20H21N7OS2/c1-12-19(30-13(2)21-12)17-11-29-20(22-17)23-18(28)10-27-9-16(24-25-27)14-5-7-15(8-6-14)26(3)4/h5-9,11H,10H2,1-4H3,(H,22,23,28). The third kappa shape index (κ3) is 4.39. The monoisotopic (exact) mass is 439 g/mol. The molecule has 8 nitrogen and oxygen atoms in total. The van der Waals surface area contributed by atoms with E-state index >= 15 is 0 Å². The molecule has 10 heteroatoms. The number of nitrogens with zero attached hydrogens (tertiary/aromatic N) is 6. The number of aryl methyl sites for hydroxylation is 2. The Morgan fingerprint density at radius 3 is 2.57 bits per heavy atom. The lowest BCUT2D eigenvalue weighted by Crippen LogP contribution is -2.19. The molecule has 154 valence electrons. The van der Waals surface area contributed by atoms with Crippen molar-refractivity contribution in [2.24, 2.45) is 0 Å². The normalized spacial score (nSPS) is 10.9. The highest BCUT2D eigenvalue weighted by molar-refractivity contribution is 7.16. The van der Waals surface area contributed by atoms with Gasteiger partial charge in [-0.2, -0.15) is 0 Å². The fraction of sp³-hybridized carbons (Fsp3) is 0.250. The third-order valence-electron chi connectivity index (χ3n) is 4.41. The molecule has 0 aliphatic carbocycles. The first-order chi connectivity index (χ1) is 14.4. The number of rotatable bonds is 6. The van der Waals surface area contributed by atoms with Crippen molar-refractivity contribution in [2.45, 2.75) is 20.4 Å². The Kier molecular flexibility index (Phi) is 5.60. The maximum Gasteiger partial charge on any atom is 0.247 e. The largest absolute Gasteiger partial charge is 0.378 e. The quantitative estimate of drug-likeness (QED) is 0.491. The van der Waals surface area contributed by atoms with Crippen LogP contribution in [-0.2, 0) is 11.3 Å². The van der Waals surface area contributed by atoms with E-state index in [0.717, 1.165) is 38.2 Å². The smallest absolute Gasteiger partial charge is 0.247 e. The molecule has 0 atom stereocenters. The molecule has 0 saturated carbocycles. The first-order valence-corrected chi connectivity index (χ1v) is 11.0. The summed E-state index contributed by atoms with van der Waals surface area (Å²) in [7, 11) is 3.99. The molecule has 1 N–H and O–H groups in total. The molecule has 0 aliphatic heterocycles. The van der Waals surface area contributed by atoms with E-state index in [1.165, 1.54) is 16.0 Å². The first-order valence-electron chi connectivity index (χ1n) is 9.26. The highest BCUT2D eigenvalue weighted by Gasteiger charge is 2.14. The minimum atomic E-state index is -0.201. The molecule has 0 radical (unpaired) electrons. The predicted molar refractivity (Wildman–Crippen MR) is 121 cm³/mol. The second-order valence-corrected chi connectivity index (χ2v) is 9.04. The molecule has 0 fully saturated rings. The van der Waals surface area contributed by atoms with Crippen LogP contribution in [0.1, 0.15) is 10.7 Å². The van der Waals surface area contributed by atoms with Gasteiger partial charge in [0.15, 0.2) is 5.13 Å². The number of anilines is 2. The van der Waals surface area contributed by atoms with Crippen LogP contribution in [0.4, 0.5) is 10.8 Å². The van der Waals surface area contributed by atoms with Crippen LogP contribution >= 0.6 is 22.7 Å². The highest BCUT2D eigenvalue weighted by Crippen LogP contribution is 2.32. The fourth-order valence-corrected chi connectivity index (χ4v) is 4.62. The van der Waals surface area contributed by atoms with E-state index in [9.17, 15) is 4.79 Å². The van der Waals surface area contributed by atoms with Gasteiger partial charge in [-0.15, -0.1) is 27.8 Å². The number of aromatic nitrogens is 5. The molecule has 0 aliphatic rings. The topological polar surface area (TPSA) is 88.8 Å². The van der Waals surface area contributed by atoms with Crippen molar-refractivity contribution in [3.05, 3.63) is 46.5 Å². The fourth-order valence-electron chi connectivity index (χ4n) is 2.95. The first kappa shape index (κ1) is 20.2. The number of carbonyl (C=O) groups is 1. The molecular formula is C20H21N7OS2. The second-order valence-electron chi connectivity index (χ2n) is 6.98. The number of benzene rings is 1. The predicted octanol–water partition coefficient (Wildman–Crippen LogP) is 3.85. The van der Waals surface area contributed by atoms with E-state index in [4.69, 9.17) is 0 Å². The van der Waals surface area contributed by atoms with E-state index in [-0.39, 0.29) is 12.5 Å². The Hall–Kier alpha value is -3.11. The summed E-state index contributed by atoms with van der Waals surface area (Å²) in [6.07, 6.45) is 1.76. The molecular weight excluding hydrogens is 418 g/mol. The van der Waals surface area contributed by atoms with Gasteiger partial charge in [-0.25, -0.2) is 14.6 Å². The maximum atomic E-state index is 12.4. The van der Waals surface area contributed by atoms with Crippen molar-refractivity contribution in [2.75, 3.05) is 24.3 Å². The third-order valence-corrected chi connectivity index (χ3v) is 6.26. The van der Waals surface area contributed by atoms with Gasteiger partial charge in [-0.3, -0.25) is 4.79 Å². The minimum Gasteiger partial charge on any atom is -0.378 e. The summed E-state index contributed by atoms with van der Waals surface area (Å²) in [6.45, 7) is 4.00. The number of thiazole rings is 2. The number of carbonyl (C=O) groups excluding carboxylic acids is 1. The van der Waals surface area contributed by atoms with Crippen molar-refractivity contribution < 1.29 is 4.79 Å². The van der Waals surface area contributed by atoms with Crippen molar-refractivity contribution >= 4 is 39.4 Å². The van der Waals surface area contributed by atoms with Crippen LogP contribution < -0.4 is 10.2 Å². The zero-order chi connectivity index (χ0) is 21.3. The van der Waals surface area contributed by atoms with E-state index in [1.54, 1.807) is 17.5 Å². The average Bonchev–Trinajstić information content (AvgIpc) is 3.42. The van der Waals surface area contributed by atoms with Gasteiger partial charge in [0, 0.05) is 30.7 Å². The number of nitrogens with one attached hydrogen (secondary N) is 1. The van der Waals surface area contributed by atoms with Gasteiger partial charge in [-0.05, 0) is 26.0 Å². The van der Waals surface area contributed by atoms with Crippen molar-refractivity contribution in [3.63, 3.8) is 0 Å². The van der Waals surface area contributed by atoms with Crippen molar-refractivity contribution in [3.8, 4) is 21.8 Å².